The summed E-state index contributed by atoms with van der Waals surface area (Å²) in [7, 11) is -9.58. The van der Waals surface area contributed by atoms with Gasteiger partial charge in [-0.25, -0.2) is 28.9 Å². The Labute approximate surface area is 249 Å². The Kier molecular flexibility index (Phi) is 7.47. The maximum absolute atomic E-state index is 15.8. The van der Waals surface area contributed by atoms with Crippen molar-refractivity contribution in [3.63, 3.8) is 0 Å². The molecule has 3 aliphatic heterocycles. The molecular weight excluding hydrogens is 649 g/mol. The number of fused-ring (bicyclic) bond motifs is 5. The van der Waals surface area contributed by atoms with Crippen LogP contribution >= 0.6 is 15.4 Å². The average molecular weight is 674 g/mol. The molecule has 7 N–H and O–H groups in total. The van der Waals surface area contributed by atoms with Gasteiger partial charge in [0.05, 0.1) is 32.0 Å². The third-order valence-electron chi connectivity index (χ3n) is 7.42. The minimum atomic E-state index is -5.07. The topological polar surface area (TPSA) is 289 Å². The Balaban J connectivity index is 1.18. The van der Waals surface area contributed by atoms with Crippen LogP contribution in [0.3, 0.4) is 0 Å². The Morgan fingerprint density at radius 1 is 0.956 bits per heavy atom. The highest BCUT2D eigenvalue weighted by Crippen LogP contribution is 2.52. The first-order valence-electron chi connectivity index (χ1n) is 13.2. The lowest BCUT2D eigenvalue weighted by molar-refractivity contribution is -0.0619. The number of nitrogens with one attached hydrogen (secondary N) is 1. The molecule has 24 heteroatoms. The molecule has 3 fully saturated rings. The van der Waals surface area contributed by atoms with Crippen LogP contribution in [0.25, 0.3) is 22.3 Å². The van der Waals surface area contributed by atoms with Gasteiger partial charge in [-0.05, 0) is 0 Å². The fourth-order valence-corrected chi connectivity index (χ4v) is 7.10. The Morgan fingerprint density at radius 3 is 2.53 bits per heavy atom. The number of rotatable bonds is 2. The fourth-order valence-electron chi connectivity index (χ4n) is 5.34. The van der Waals surface area contributed by atoms with E-state index in [0.717, 1.165) is 10.9 Å². The van der Waals surface area contributed by atoms with Gasteiger partial charge < -0.3 is 40.0 Å². The van der Waals surface area contributed by atoms with E-state index in [9.17, 15) is 23.7 Å². The van der Waals surface area contributed by atoms with Gasteiger partial charge in [0, 0.05) is 6.42 Å². The number of nitrogens with zero attached hydrogens (tertiary/aromatic N) is 7. The smallest absolute Gasteiger partial charge is 0.382 e. The summed E-state index contributed by atoms with van der Waals surface area (Å²) < 4.78 is 77.4. The third kappa shape index (κ3) is 5.63. The number of nitrogens with two attached hydrogens (primary N) is 2. The Morgan fingerprint density at radius 2 is 1.71 bits per heavy atom. The maximum Gasteiger partial charge on any atom is 0.472 e. The zero-order chi connectivity index (χ0) is 31.7. The fraction of sp³-hybridized carbons (Fsp3) is 0.524. The molecule has 3 saturated heterocycles. The Hall–Kier alpha value is -3.43. The molecule has 4 aromatic heterocycles. The largest absolute Gasteiger partial charge is 0.472 e. The zero-order valence-corrected chi connectivity index (χ0v) is 24.5. The maximum atomic E-state index is 15.8. The highest BCUT2D eigenvalue weighted by molar-refractivity contribution is 7.52. The summed E-state index contributed by atoms with van der Waals surface area (Å²) in [6, 6.07) is 0. The molecule has 7 rings (SSSR count). The summed E-state index contributed by atoms with van der Waals surface area (Å²) in [4.78, 5) is 55.9. The second-order valence-corrected chi connectivity index (χ2v) is 13.5. The molecule has 242 valence electrons. The molecule has 0 aromatic carbocycles. The van der Waals surface area contributed by atoms with Crippen LogP contribution in [0, 0.1) is 0 Å². The SMILES string of the molecule is Nc1nc2c(ncn2[C@@H]2O[C@@H]3COP(=O)(O)COC4C[C@H](n5cnc6c(N)ncnc65)O[C@@H]4COP(=O)(O)O[C@H]2C3F)c(=O)[nH]1. The van der Waals surface area contributed by atoms with Gasteiger partial charge in [-0.3, -0.25) is 32.5 Å². The molecule has 0 spiro atoms. The molecule has 9 atom stereocenters. The summed E-state index contributed by atoms with van der Waals surface area (Å²) in [6.07, 6.45) is -7.19. The minimum Gasteiger partial charge on any atom is -0.382 e. The van der Waals surface area contributed by atoms with Crippen molar-refractivity contribution in [2.45, 2.75) is 49.5 Å². The van der Waals surface area contributed by atoms with E-state index >= 15 is 4.39 Å². The van der Waals surface area contributed by atoms with Gasteiger partial charge >= 0.3 is 15.4 Å². The molecular formula is C21H25FN10O11P2. The lowest BCUT2D eigenvalue weighted by Crippen LogP contribution is -2.34. The summed E-state index contributed by atoms with van der Waals surface area (Å²) in [6.45, 7) is -1.42. The van der Waals surface area contributed by atoms with E-state index < -0.39 is 83.6 Å². The number of ether oxygens (including phenoxy) is 3. The summed E-state index contributed by atoms with van der Waals surface area (Å²) in [5.74, 6) is -0.162. The number of H-pyrrole nitrogens is 1. The second-order valence-electron chi connectivity index (χ2n) is 10.3. The number of anilines is 2. The molecule has 2 bridgehead atoms. The highest BCUT2D eigenvalue weighted by Gasteiger charge is 2.52. The molecule has 0 radical (unpaired) electrons. The molecule has 45 heavy (non-hydrogen) atoms. The van der Waals surface area contributed by atoms with Crippen LogP contribution < -0.4 is 17.0 Å². The van der Waals surface area contributed by atoms with Crippen LogP contribution in [0.15, 0.2) is 23.8 Å². The van der Waals surface area contributed by atoms with Crippen molar-refractivity contribution in [1.82, 2.24) is 39.0 Å². The lowest BCUT2D eigenvalue weighted by atomic mass is 10.1. The van der Waals surface area contributed by atoms with E-state index in [2.05, 4.69) is 29.9 Å². The van der Waals surface area contributed by atoms with E-state index in [4.69, 9.17) is 39.2 Å². The molecule has 0 saturated carbocycles. The standard InChI is InChI=1S/C21H25FN10O11P2/c22-12-10-3-39-44(34,35)7-38-8-1-11(31-5-27-13-16(23)25-4-26-17(13)31)41-9(8)2-40-45(36,37)43-15(12)20(42-10)32-6-28-14-18(32)29-21(24)30-19(14)33/h4-6,8-12,15,20H,1-3,7H2,(H,34,35)(H,36,37)(H2,23,25,26)(H3,24,29,30,33)/t8?,9-,10-,11-,12?,15+,20-/m1/s1. The number of hydrogen-bond acceptors (Lipinski definition) is 16. The van der Waals surface area contributed by atoms with E-state index in [-0.39, 0.29) is 29.4 Å². The van der Waals surface area contributed by atoms with Crippen LogP contribution in [0.1, 0.15) is 18.9 Å². The number of aromatic nitrogens is 8. The summed E-state index contributed by atoms with van der Waals surface area (Å²) >= 11 is 0. The van der Waals surface area contributed by atoms with E-state index in [1.54, 1.807) is 0 Å². The quantitative estimate of drug-likeness (QED) is 0.171. The minimum absolute atomic E-state index is 0.0614. The summed E-state index contributed by atoms with van der Waals surface area (Å²) in [5.41, 5.74) is 11.1. The second kappa shape index (κ2) is 11.1. The number of halogens is 1. The van der Waals surface area contributed by atoms with Crippen molar-refractivity contribution in [1.29, 1.82) is 0 Å². The van der Waals surface area contributed by atoms with Crippen molar-refractivity contribution in [2.75, 3.05) is 31.0 Å². The first-order chi connectivity index (χ1) is 21.4. The average Bonchev–Trinajstić information content (AvgIpc) is 3.75. The molecule has 3 aliphatic rings. The van der Waals surface area contributed by atoms with Gasteiger partial charge in [0.25, 0.3) is 5.56 Å². The number of phosphoric ester groups is 1. The van der Waals surface area contributed by atoms with Crippen molar-refractivity contribution in [2.24, 2.45) is 0 Å². The van der Waals surface area contributed by atoms with Crippen molar-refractivity contribution in [3.8, 4) is 0 Å². The first-order valence-corrected chi connectivity index (χ1v) is 16.5. The lowest BCUT2D eigenvalue weighted by Gasteiger charge is -2.25. The van der Waals surface area contributed by atoms with Crippen LogP contribution in [0.5, 0.6) is 0 Å². The van der Waals surface area contributed by atoms with Gasteiger partial charge in [-0.2, -0.15) is 4.98 Å². The number of phosphoric acid groups is 1. The van der Waals surface area contributed by atoms with E-state index in [1.165, 1.54) is 17.2 Å². The molecule has 0 amide bonds. The van der Waals surface area contributed by atoms with Crippen LogP contribution in [0.2, 0.25) is 0 Å². The highest BCUT2D eigenvalue weighted by atomic mass is 31.2. The van der Waals surface area contributed by atoms with Crippen molar-refractivity contribution >= 4 is 49.5 Å². The van der Waals surface area contributed by atoms with Crippen LogP contribution in [-0.4, -0.2) is 99.0 Å². The molecule has 4 aromatic rings. The number of alkyl halides is 1. The number of imidazole rings is 2. The monoisotopic (exact) mass is 674 g/mol. The van der Waals surface area contributed by atoms with Crippen LogP contribution in [0.4, 0.5) is 16.2 Å². The molecule has 0 aliphatic carbocycles. The van der Waals surface area contributed by atoms with Crippen LogP contribution in [-0.2, 0) is 36.9 Å². The van der Waals surface area contributed by atoms with Gasteiger partial charge in [0.2, 0.25) is 5.95 Å². The first kappa shape index (κ1) is 30.2. The number of hydrogen-bond donors (Lipinski definition) is 5. The number of aromatic amines is 1. The summed E-state index contributed by atoms with van der Waals surface area (Å²) in [5, 5.41) is 0. The van der Waals surface area contributed by atoms with Gasteiger partial charge in [-0.1, -0.05) is 0 Å². The van der Waals surface area contributed by atoms with Gasteiger partial charge in [0.15, 0.2) is 35.0 Å². The third-order valence-corrected chi connectivity index (χ3v) is 9.43. The zero-order valence-electron chi connectivity index (χ0n) is 22.7. The van der Waals surface area contributed by atoms with E-state index in [0.29, 0.717) is 11.2 Å². The van der Waals surface area contributed by atoms with Crippen molar-refractivity contribution in [3.05, 3.63) is 29.3 Å². The molecule has 21 nitrogen and oxygen atoms in total. The van der Waals surface area contributed by atoms with Crippen molar-refractivity contribution < 1.29 is 51.1 Å². The molecule has 7 heterocycles. The predicted molar refractivity (Wildman–Crippen MR) is 146 cm³/mol. The van der Waals surface area contributed by atoms with Gasteiger partial charge in [-0.15, -0.1) is 0 Å². The molecule has 4 unspecified atom stereocenters. The number of nitrogen functional groups attached to an aromatic ring is 2. The van der Waals surface area contributed by atoms with Gasteiger partial charge in [0.1, 0.15) is 42.7 Å². The normalized spacial score (nSPS) is 36.3. The Bertz CT molecular complexity index is 1920. The predicted octanol–water partition coefficient (Wildman–Crippen LogP) is -0.293. The van der Waals surface area contributed by atoms with E-state index in [1.807, 2.05) is 0 Å².